The van der Waals surface area contributed by atoms with Crippen molar-refractivity contribution in [2.24, 2.45) is 10.8 Å². The first kappa shape index (κ1) is 15.2. The second-order valence-electron chi connectivity index (χ2n) is 6.99. The van der Waals surface area contributed by atoms with E-state index in [-0.39, 0.29) is 5.82 Å². The van der Waals surface area contributed by atoms with Gasteiger partial charge < -0.3 is 0 Å². The Morgan fingerprint density at radius 3 is 2.00 bits per heavy atom. The fourth-order valence-corrected chi connectivity index (χ4v) is 2.64. The molecule has 0 fully saturated rings. The fourth-order valence-electron chi connectivity index (χ4n) is 2.64. The lowest BCUT2D eigenvalue weighted by Gasteiger charge is -2.34. The third kappa shape index (κ3) is 5.20. The molecule has 102 valence electrons. The van der Waals surface area contributed by atoms with Gasteiger partial charge >= 0.3 is 0 Å². The van der Waals surface area contributed by atoms with Gasteiger partial charge in [-0.2, -0.15) is 0 Å². The number of hydrogen-bond acceptors (Lipinski definition) is 0. The van der Waals surface area contributed by atoms with Gasteiger partial charge in [0.15, 0.2) is 0 Å². The van der Waals surface area contributed by atoms with Crippen molar-refractivity contribution < 1.29 is 4.39 Å². The minimum Gasteiger partial charge on any atom is -0.207 e. The first-order valence-corrected chi connectivity index (χ1v) is 6.99. The van der Waals surface area contributed by atoms with Crippen molar-refractivity contribution in [3.05, 3.63) is 35.6 Å². The van der Waals surface area contributed by atoms with Crippen LogP contribution in [0.25, 0.3) is 0 Å². The Kier molecular flexibility index (Phi) is 4.95. The molecule has 0 heterocycles. The van der Waals surface area contributed by atoms with Crippen LogP contribution in [0.3, 0.4) is 0 Å². The molecule has 0 saturated carbocycles. The molecule has 1 rings (SSSR count). The van der Waals surface area contributed by atoms with Crippen molar-refractivity contribution >= 4 is 0 Å². The minimum absolute atomic E-state index is 0.148. The molecule has 0 N–H and O–H groups in total. The summed E-state index contributed by atoms with van der Waals surface area (Å²) in [5.74, 6) is -0.148. The van der Waals surface area contributed by atoms with Gasteiger partial charge in [-0.15, -0.1) is 0 Å². The Labute approximate surface area is 112 Å². The third-order valence-electron chi connectivity index (χ3n) is 3.92. The van der Waals surface area contributed by atoms with E-state index < -0.39 is 0 Å². The zero-order valence-corrected chi connectivity index (χ0v) is 12.5. The van der Waals surface area contributed by atoms with Gasteiger partial charge in [0, 0.05) is 0 Å². The maximum absolute atomic E-state index is 12.8. The molecule has 0 amide bonds. The fraction of sp³-hybridized carbons (Fsp3) is 0.647. The van der Waals surface area contributed by atoms with E-state index in [9.17, 15) is 4.39 Å². The molecule has 0 radical (unpaired) electrons. The number of aryl methyl sites for hydroxylation is 1. The highest BCUT2D eigenvalue weighted by molar-refractivity contribution is 5.16. The van der Waals surface area contributed by atoms with E-state index >= 15 is 0 Å². The van der Waals surface area contributed by atoms with Crippen molar-refractivity contribution in [3.63, 3.8) is 0 Å². The number of halogens is 1. The SMILES string of the molecule is CCC(C)(C)CC(C)(C)CCc1ccc(F)cc1. The molecule has 0 bridgehead atoms. The van der Waals surface area contributed by atoms with Gasteiger partial charge in [-0.3, -0.25) is 0 Å². The minimum atomic E-state index is -0.148. The van der Waals surface area contributed by atoms with E-state index in [2.05, 4.69) is 34.6 Å². The van der Waals surface area contributed by atoms with Crippen LogP contribution in [0.15, 0.2) is 24.3 Å². The zero-order valence-electron chi connectivity index (χ0n) is 12.5. The first-order valence-electron chi connectivity index (χ1n) is 6.99. The van der Waals surface area contributed by atoms with E-state index in [4.69, 9.17) is 0 Å². The van der Waals surface area contributed by atoms with Crippen LogP contribution in [-0.4, -0.2) is 0 Å². The molecule has 0 atom stereocenters. The van der Waals surface area contributed by atoms with E-state index in [1.807, 2.05) is 12.1 Å². The molecule has 0 spiro atoms. The summed E-state index contributed by atoms with van der Waals surface area (Å²) in [4.78, 5) is 0. The van der Waals surface area contributed by atoms with Crippen molar-refractivity contribution in [2.75, 3.05) is 0 Å². The normalized spacial score (nSPS) is 12.8. The average molecular weight is 250 g/mol. The smallest absolute Gasteiger partial charge is 0.123 e. The van der Waals surface area contributed by atoms with Crippen molar-refractivity contribution in [1.82, 2.24) is 0 Å². The molecule has 0 aliphatic carbocycles. The monoisotopic (exact) mass is 250 g/mol. The van der Waals surface area contributed by atoms with Crippen LogP contribution in [-0.2, 0) is 6.42 Å². The molecule has 0 saturated heterocycles. The van der Waals surface area contributed by atoms with Crippen LogP contribution in [0.5, 0.6) is 0 Å². The Bertz CT molecular complexity index is 360. The Balaban J connectivity index is 2.53. The summed E-state index contributed by atoms with van der Waals surface area (Å²) in [7, 11) is 0. The van der Waals surface area contributed by atoms with Gasteiger partial charge in [-0.1, -0.05) is 53.2 Å². The van der Waals surface area contributed by atoms with Crippen molar-refractivity contribution in [2.45, 2.75) is 60.3 Å². The molecule has 0 unspecified atom stereocenters. The molecule has 1 aromatic carbocycles. The number of hydrogen-bond donors (Lipinski definition) is 0. The molecule has 1 aromatic rings. The topological polar surface area (TPSA) is 0 Å². The summed E-state index contributed by atoms with van der Waals surface area (Å²) < 4.78 is 12.8. The molecule has 0 nitrogen and oxygen atoms in total. The van der Waals surface area contributed by atoms with Gasteiger partial charge in [0.1, 0.15) is 5.82 Å². The summed E-state index contributed by atoms with van der Waals surface area (Å²) >= 11 is 0. The Hall–Kier alpha value is -0.850. The Morgan fingerprint density at radius 2 is 1.50 bits per heavy atom. The molecule has 18 heavy (non-hydrogen) atoms. The van der Waals surface area contributed by atoms with Crippen LogP contribution < -0.4 is 0 Å². The van der Waals surface area contributed by atoms with Crippen LogP contribution in [0.4, 0.5) is 4.39 Å². The lowest BCUT2D eigenvalue weighted by atomic mass is 9.71. The lowest BCUT2D eigenvalue weighted by molar-refractivity contribution is 0.177. The Morgan fingerprint density at radius 1 is 0.944 bits per heavy atom. The highest BCUT2D eigenvalue weighted by atomic mass is 19.1. The number of rotatable bonds is 6. The number of benzene rings is 1. The summed E-state index contributed by atoms with van der Waals surface area (Å²) in [6, 6.07) is 6.91. The molecular weight excluding hydrogens is 223 g/mol. The second kappa shape index (κ2) is 5.86. The maximum atomic E-state index is 12.8. The summed E-state index contributed by atoms with van der Waals surface area (Å²) in [5, 5.41) is 0. The van der Waals surface area contributed by atoms with Crippen LogP contribution in [0, 0.1) is 16.6 Å². The van der Waals surface area contributed by atoms with Gasteiger partial charge in [0.25, 0.3) is 0 Å². The van der Waals surface area contributed by atoms with Gasteiger partial charge in [-0.25, -0.2) is 4.39 Å². The predicted octanol–water partition coefficient (Wildman–Crippen LogP) is 5.61. The van der Waals surface area contributed by atoms with Gasteiger partial charge in [-0.05, 0) is 47.8 Å². The molecule has 0 aliphatic heterocycles. The predicted molar refractivity (Wildman–Crippen MR) is 77.2 cm³/mol. The van der Waals surface area contributed by atoms with Crippen molar-refractivity contribution in [1.29, 1.82) is 0 Å². The van der Waals surface area contributed by atoms with E-state index in [1.165, 1.54) is 18.4 Å². The molecular formula is C17H27F. The molecule has 0 aliphatic rings. The second-order valence-corrected chi connectivity index (χ2v) is 6.99. The summed E-state index contributed by atoms with van der Waals surface area (Å²) in [5.41, 5.74) is 1.99. The van der Waals surface area contributed by atoms with E-state index in [0.29, 0.717) is 10.8 Å². The molecule has 1 heteroatoms. The highest BCUT2D eigenvalue weighted by Crippen LogP contribution is 2.38. The van der Waals surface area contributed by atoms with Crippen LogP contribution in [0.2, 0.25) is 0 Å². The quantitative estimate of drug-likeness (QED) is 0.615. The van der Waals surface area contributed by atoms with Gasteiger partial charge in [0.2, 0.25) is 0 Å². The van der Waals surface area contributed by atoms with Crippen LogP contribution >= 0.6 is 0 Å². The summed E-state index contributed by atoms with van der Waals surface area (Å²) in [6.07, 6.45) is 4.64. The van der Waals surface area contributed by atoms with E-state index in [1.54, 1.807) is 12.1 Å². The van der Waals surface area contributed by atoms with Crippen molar-refractivity contribution in [3.8, 4) is 0 Å². The molecule has 0 aromatic heterocycles. The maximum Gasteiger partial charge on any atom is 0.123 e. The van der Waals surface area contributed by atoms with E-state index in [0.717, 1.165) is 12.8 Å². The highest BCUT2D eigenvalue weighted by Gasteiger charge is 2.27. The third-order valence-corrected chi connectivity index (χ3v) is 3.92. The standard InChI is InChI=1S/C17H27F/c1-6-16(2,3)13-17(4,5)12-11-14-7-9-15(18)10-8-14/h7-10H,6,11-13H2,1-5H3. The lowest BCUT2D eigenvalue weighted by Crippen LogP contribution is -2.23. The zero-order chi connectivity index (χ0) is 13.8. The average Bonchev–Trinajstić information content (AvgIpc) is 2.27. The van der Waals surface area contributed by atoms with Gasteiger partial charge in [0.05, 0.1) is 0 Å². The summed E-state index contributed by atoms with van der Waals surface area (Å²) in [6.45, 7) is 11.6. The van der Waals surface area contributed by atoms with Crippen LogP contribution in [0.1, 0.15) is 59.4 Å². The largest absolute Gasteiger partial charge is 0.207 e. The first-order chi connectivity index (χ1) is 8.24.